The molecule has 104 valence electrons. The van der Waals surface area contributed by atoms with Gasteiger partial charge in [-0.15, -0.1) is 11.3 Å². The van der Waals surface area contributed by atoms with E-state index >= 15 is 0 Å². The molecule has 1 amide bonds. The Morgan fingerprint density at radius 3 is 2.75 bits per heavy atom. The van der Waals surface area contributed by atoms with Crippen LogP contribution in [0.25, 0.3) is 11.3 Å². The highest BCUT2D eigenvalue weighted by molar-refractivity contribution is 7.09. The second-order valence-electron chi connectivity index (χ2n) is 5.19. The van der Waals surface area contributed by atoms with Crippen LogP contribution in [-0.2, 0) is 0 Å². The van der Waals surface area contributed by atoms with E-state index in [-0.39, 0.29) is 5.91 Å². The molecule has 0 spiro atoms. The van der Waals surface area contributed by atoms with Crippen molar-refractivity contribution < 1.29 is 4.79 Å². The van der Waals surface area contributed by atoms with Crippen LogP contribution >= 0.6 is 11.3 Å². The fraction of sp³-hybridized carbons (Fsp3) is 0.375. The van der Waals surface area contributed by atoms with Gasteiger partial charge >= 0.3 is 0 Å². The second kappa shape index (κ2) is 5.75. The third-order valence-electron chi connectivity index (χ3n) is 3.67. The first-order valence-electron chi connectivity index (χ1n) is 7.06. The minimum atomic E-state index is 0.151. The van der Waals surface area contributed by atoms with Crippen molar-refractivity contribution in [2.75, 3.05) is 13.1 Å². The molecule has 2 aromatic rings. The molecular formula is C16H18N2OS. The molecule has 0 radical (unpaired) electrons. The van der Waals surface area contributed by atoms with E-state index in [0.29, 0.717) is 0 Å². The Morgan fingerprint density at radius 1 is 1.25 bits per heavy atom. The Bertz CT molecular complexity index is 614. The van der Waals surface area contributed by atoms with Gasteiger partial charge in [0.2, 0.25) is 0 Å². The van der Waals surface area contributed by atoms with E-state index in [9.17, 15) is 4.79 Å². The molecule has 0 unspecified atom stereocenters. The topological polar surface area (TPSA) is 33.2 Å². The molecule has 0 aliphatic carbocycles. The lowest BCUT2D eigenvalue weighted by atomic mass is 10.1. The highest BCUT2D eigenvalue weighted by Crippen LogP contribution is 2.23. The van der Waals surface area contributed by atoms with Crippen LogP contribution in [0.15, 0.2) is 29.6 Å². The minimum absolute atomic E-state index is 0.151. The van der Waals surface area contributed by atoms with E-state index in [1.165, 1.54) is 6.42 Å². The summed E-state index contributed by atoms with van der Waals surface area (Å²) in [4.78, 5) is 19.0. The largest absolute Gasteiger partial charge is 0.339 e. The van der Waals surface area contributed by atoms with Crippen molar-refractivity contribution in [2.24, 2.45) is 0 Å². The van der Waals surface area contributed by atoms with Crippen LogP contribution in [0.5, 0.6) is 0 Å². The third kappa shape index (κ3) is 2.75. The molecule has 0 bridgehead atoms. The number of carbonyl (C=O) groups is 1. The number of benzene rings is 1. The Morgan fingerprint density at radius 2 is 2.05 bits per heavy atom. The molecule has 1 aromatic heterocycles. The average Bonchev–Trinajstić information content (AvgIpc) is 2.94. The van der Waals surface area contributed by atoms with Crippen molar-refractivity contribution in [3.63, 3.8) is 0 Å². The highest BCUT2D eigenvalue weighted by atomic mass is 32.1. The SMILES string of the molecule is Cc1nc(-c2cccc(C(=O)N3CCCCC3)c2)cs1. The van der Waals surface area contributed by atoms with Crippen LogP contribution in [0.2, 0.25) is 0 Å². The van der Waals surface area contributed by atoms with E-state index in [1.807, 2.05) is 41.5 Å². The van der Waals surface area contributed by atoms with Crippen molar-refractivity contribution in [1.82, 2.24) is 9.88 Å². The summed E-state index contributed by atoms with van der Waals surface area (Å²) < 4.78 is 0. The van der Waals surface area contributed by atoms with E-state index in [4.69, 9.17) is 0 Å². The summed E-state index contributed by atoms with van der Waals surface area (Å²) in [5.41, 5.74) is 2.76. The number of carbonyl (C=O) groups excluding carboxylic acids is 1. The molecule has 1 aliphatic heterocycles. The van der Waals surface area contributed by atoms with Crippen molar-refractivity contribution in [3.8, 4) is 11.3 Å². The van der Waals surface area contributed by atoms with E-state index in [1.54, 1.807) is 11.3 Å². The van der Waals surface area contributed by atoms with Gasteiger partial charge in [-0.05, 0) is 38.3 Å². The number of rotatable bonds is 2. The molecule has 0 saturated carbocycles. The van der Waals surface area contributed by atoms with Gasteiger partial charge in [-0.3, -0.25) is 4.79 Å². The molecule has 20 heavy (non-hydrogen) atoms. The minimum Gasteiger partial charge on any atom is -0.339 e. The zero-order valence-corrected chi connectivity index (χ0v) is 12.4. The second-order valence-corrected chi connectivity index (χ2v) is 6.25. The van der Waals surface area contributed by atoms with Gasteiger partial charge in [0.05, 0.1) is 10.7 Å². The number of hydrogen-bond acceptors (Lipinski definition) is 3. The summed E-state index contributed by atoms with van der Waals surface area (Å²) in [5.74, 6) is 0.151. The zero-order valence-electron chi connectivity index (χ0n) is 11.6. The van der Waals surface area contributed by atoms with Gasteiger partial charge in [-0.1, -0.05) is 12.1 Å². The molecule has 1 fully saturated rings. The number of likely N-dealkylation sites (tertiary alicyclic amines) is 1. The van der Waals surface area contributed by atoms with Crippen molar-refractivity contribution in [3.05, 3.63) is 40.2 Å². The normalized spacial score (nSPS) is 15.3. The van der Waals surface area contributed by atoms with Crippen molar-refractivity contribution >= 4 is 17.2 Å². The summed E-state index contributed by atoms with van der Waals surface area (Å²) in [6, 6.07) is 7.83. The maximum absolute atomic E-state index is 12.5. The quantitative estimate of drug-likeness (QED) is 0.842. The summed E-state index contributed by atoms with van der Waals surface area (Å²) in [7, 11) is 0. The van der Waals surface area contributed by atoms with Crippen LogP contribution in [0.1, 0.15) is 34.6 Å². The number of hydrogen-bond donors (Lipinski definition) is 0. The van der Waals surface area contributed by atoms with E-state index < -0.39 is 0 Å². The summed E-state index contributed by atoms with van der Waals surface area (Å²) in [6.45, 7) is 3.77. The van der Waals surface area contributed by atoms with Crippen LogP contribution in [0.4, 0.5) is 0 Å². The van der Waals surface area contributed by atoms with Gasteiger partial charge in [-0.25, -0.2) is 4.98 Å². The predicted octanol–water partition coefficient (Wildman–Crippen LogP) is 3.74. The maximum Gasteiger partial charge on any atom is 0.253 e. The molecule has 2 heterocycles. The molecule has 4 heteroatoms. The number of thiazole rings is 1. The number of aromatic nitrogens is 1. The van der Waals surface area contributed by atoms with Crippen molar-refractivity contribution in [2.45, 2.75) is 26.2 Å². The first-order valence-corrected chi connectivity index (χ1v) is 7.94. The number of nitrogens with zero attached hydrogens (tertiary/aromatic N) is 2. The van der Waals surface area contributed by atoms with Gasteiger partial charge in [-0.2, -0.15) is 0 Å². The molecule has 3 nitrogen and oxygen atoms in total. The monoisotopic (exact) mass is 286 g/mol. The Hall–Kier alpha value is -1.68. The number of aryl methyl sites for hydroxylation is 1. The number of piperidine rings is 1. The van der Waals surface area contributed by atoms with Crippen LogP contribution < -0.4 is 0 Å². The molecule has 1 saturated heterocycles. The standard InChI is InChI=1S/C16H18N2OS/c1-12-17-15(11-20-12)13-6-5-7-14(10-13)16(19)18-8-3-2-4-9-18/h5-7,10-11H,2-4,8-9H2,1H3. The summed E-state index contributed by atoms with van der Waals surface area (Å²) >= 11 is 1.64. The van der Waals surface area contributed by atoms with Gasteiger partial charge in [0.15, 0.2) is 0 Å². The lowest BCUT2D eigenvalue weighted by Crippen LogP contribution is -2.35. The molecular weight excluding hydrogens is 268 g/mol. The van der Waals surface area contributed by atoms with Gasteiger partial charge < -0.3 is 4.90 Å². The molecule has 0 atom stereocenters. The smallest absolute Gasteiger partial charge is 0.253 e. The molecule has 1 aromatic carbocycles. The number of amides is 1. The highest BCUT2D eigenvalue weighted by Gasteiger charge is 2.18. The fourth-order valence-electron chi connectivity index (χ4n) is 2.59. The van der Waals surface area contributed by atoms with E-state index in [0.717, 1.165) is 47.8 Å². The third-order valence-corrected chi connectivity index (χ3v) is 4.44. The van der Waals surface area contributed by atoms with Crippen LogP contribution in [0, 0.1) is 6.92 Å². The fourth-order valence-corrected chi connectivity index (χ4v) is 3.21. The molecule has 1 aliphatic rings. The van der Waals surface area contributed by atoms with Gasteiger partial charge in [0.25, 0.3) is 5.91 Å². The van der Waals surface area contributed by atoms with E-state index in [2.05, 4.69) is 4.98 Å². The van der Waals surface area contributed by atoms with Crippen LogP contribution in [0.3, 0.4) is 0 Å². The lowest BCUT2D eigenvalue weighted by Gasteiger charge is -2.26. The average molecular weight is 286 g/mol. The summed E-state index contributed by atoms with van der Waals surface area (Å²) in [5, 5.41) is 3.09. The first kappa shape index (κ1) is 13.3. The summed E-state index contributed by atoms with van der Waals surface area (Å²) in [6.07, 6.45) is 3.48. The first-order chi connectivity index (χ1) is 9.74. The van der Waals surface area contributed by atoms with Crippen LogP contribution in [-0.4, -0.2) is 28.9 Å². The zero-order chi connectivity index (χ0) is 13.9. The van der Waals surface area contributed by atoms with Gasteiger partial charge in [0.1, 0.15) is 0 Å². The molecule has 3 rings (SSSR count). The Balaban J connectivity index is 1.85. The Kier molecular flexibility index (Phi) is 3.83. The predicted molar refractivity (Wildman–Crippen MR) is 82.0 cm³/mol. The lowest BCUT2D eigenvalue weighted by molar-refractivity contribution is 0.0724. The Labute approximate surface area is 123 Å². The molecule has 0 N–H and O–H groups in total. The maximum atomic E-state index is 12.5. The van der Waals surface area contributed by atoms with Gasteiger partial charge in [0, 0.05) is 29.6 Å². The van der Waals surface area contributed by atoms with Crippen molar-refractivity contribution in [1.29, 1.82) is 0 Å².